The highest BCUT2D eigenvalue weighted by molar-refractivity contribution is 4.53. The fourth-order valence-corrected chi connectivity index (χ4v) is 0.827. The Bertz CT molecular complexity index is 167. The van der Waals surface area contributed by atoms with Crippen molar-refractivity contribution in [1.29, 1.82) is 0 Å². The van der Waals surface area contributed by atoms with Crippen molar-refractivity contribution in [1.82, 2.24) is 10.8 Å². The zero-order valence-corrected chi connectivity index (χ0v) is 9.18. The van der Waals surface area contributed by atoms with E-state index < -0.39 is 16.9 Å². The van der Waals surface area contributed by atoms with Gasteiger partial charge in [-0.15, -0.1) is 0 Å². The van der Waals surface area contributed by atoms with E-state index in [2.05, 4.69) is 9.68 Å². The minimum absolute atomic E-state index is 0.00361. The van der Waals surface area contributed by atoms with Crippen LogP contribution in [-0.4, -0.2) is 57.5 Å². The summed E-state index contributed by atoms with van der Waals surface area (Å²) in [6, 6.07) is 0. The molecule has 16 heavy (non-hydrogen) atoms. The predicted molar refractivity (Wildman–Crippen MR) is 47.3 cm³/mol. The van der Waals surface area contributed by atoms with E-state index in [1.165, 1.54) is 0 Å². The monoisotopic (exact) mass is 242 g/mol. The van der Waals surface area contributed by atoms with Gasteiger partial charge in [0.1, 0.15) is 12.7 Å². The van der Waals surface area contributed by atoms with Crippen molar-refractivity contribution in [2.75, 3.05) is 19.8 Å². The molecule has 0 bridgehead atoms. The lowest BCUT2D eigenvalue weighted by molar-refractivity contribution is -0.528. The molecular formula is C7H18N2O7. The molecule has 1 atom stereocenters. The van der Waals surface area contributed by atoms with Gasteiger partial charge in [0.15, 0.2) is 0 Å². The molecule has 0 spiro atoms. The molecule has 0 rings (SSSR count). The molecule has 0 aliphatic rings. The number of ether oxygens (including phenoxy) is 1. The molecule has 0 aromatic rings. The fourth-order valence-electron chi connectivity index (χ4n) is 0.827. The van der Waals surface area contributed by atoms with E-state index in [0.29, 0.717) is 12.5 Å². The summed E-state index contributed by atoms with van der Waals surface area (Å²) in [6.07, 6.45) is -0.893. The topological polar surface area (TPSA) is 115 Å². The van der Waals surface area contributed by atoms with Gasteiger partial charge in [0, 0.05) is 6.61 Å². The maximum Gasteiger partial charge on any atom is 0.133 e. The van der Waals surface area contributed by atoms with Gasteiger partial charge in [-0.1, -0.05) is 13.8 Å². The van der Waals surface area contributed by atoms with E-state index in [1.807, 2.05) is 13.8 Å². The van der Waals surface area contributed by atoms with Crippen LogP contribution in [0.2, 0.25) is 0 Å². The second kappa shape index (κ2) is 8.75. The Labute approximate surface area is 92.7 Å². The maximum absolute atomic E-state index is 8.41. The van der Waals surface area contributed by atoms with Crippen LogP contribution < -0.4 is 0 Å². The standard InChI is InChI=1S/C7H18N2O7/c1-6(2)3-14-4-7(16-9(12)13)5-15-8(10)11/h6-7,10-13H,3-5H2,1-2H3. The second-order valence-electron chi connectivity index (χ2n) is 3.46. The fraction of sp³-hybridized carbons (Fsp3) is 1.00. The third-order valence-corrected chi connectivity index (χ3v) is 1.37. The highest BCUT2D eigenvalue weighted by Crippen LogP contribution is 2.00. The van der Waals surface area contributed by atoms with Crippen molar-refractivity contribution in [2.24, 2.45) is 5.92 Å². The van der Waals surface area contributed by atoms with E-state index in [0.717, 1.165) is 0 Å². The molecule has 98 valence electrons. The van der Waals surface area contributed by atoms with Gasteiger partial charge in [-0.05, 0) is 5.92 Å². The molecule has 0 fully saturated rings. The molecular weight excluding hydrogens is 224 g/mol. The van der Waals surface area contributed by atoms with Crippen molar-refractivity contribution in [3.8, 4) is 0 Å². The van der Waals surface area contributed by atoms with Crippen molar-refractivity contribution in [3.05, 3.63) is 0 Å². The van der Waals surface area contributed by atoms with E-state index in [-0.39, 0.29) is 13.2 Å². The van der Waals surface area contributed by atoms with Gasteiger partial charge in [0.25, 0.3) is 0 Å². The minimum Gasteiger partial charge on any atom is -0.378 e. The molecule has 0 aliphatic heterocycles. The van der Waals surface area contributed by atoms with Crippen LogP contribution in [0.5, 0.6) is 0 Å². The van der Waals surface area contributed by atoms with Crippen LogP contribution in [-0.2, 0) is 14.4 Å². The van der Waals surface area contributed by atoms with Crippen LogP contribution >= 0.6 is 0 Å². The van der Waals surface area contributed by atoms with E-state index in [9.17, 15) is 0 Å². The number of hydrogen-bond donors (Lipinski definition) is 4. The molecule has 0 aromatic heterocycles. The van der Waals surface area contributed by atoms with Crippen molar-refractivity contribution >= 4 is 0 Å². The molecule has 0 heterocycles. The Balaban J connectivity index is 3.81. The molecule has 9 heteroatoms. The lowest BCUT2D eigenvalue weighted by atomic mass is 10.2. The number of nitrogens with zero attached hydrogens (tertiary/aromatic N) is 2. The summed E-state index contributed by atoms with van der Waals surface area (Å²) in [6.45, 7) is 4.02. The Morgan fingerprint density at radius 2 is 1.56 bits per heavy atom. The van der Waals surface area contributed by atoms with Gasteiger partial charge in [-0.2, -0.15) is 0 Å². The predicted octanol–water partition coefficient (Wildman–Crippen LogP) is 0.0516. The highest BCUT2D eigenvalue weighted by Gasteiger charge is 2.15. The summed E-state index contributed by atoms with van der Waals surface area (Å²) in [7, 11) is 0. The van der Waals surface area contributed by atoms with Crippen molar-refractivity contribution in [3.63, 3.8) is 0 Å². The second-order valence-corrected chi connectivity index (χ2v) is 3.46. The van der Waals surface area contributed by atoms with Crippen LogP contribution in [0.4, 0.5) is 0 Å². The number of rotatable bonds is 9. The molecule has 0 radical (unpaired) electrons. The zero-order valence-electron chi connectivity index (χ0n) is 9.18. The van der Waals surface area contributed by atoms with Crippen LogP contribution in [0, 0.1) is 5.92 Å². The van der Waals surface area contributed by atoms with Crippen LogP contribution in [0.25, 0.3) is 0 Å². The third-order valence-electron chi connectivity index (χ3n) is 1.37. The molecule has 0 saturated heterocycles. The molecule has 0 amide bonds. The van der Waals surface area contributed by atoms with Gasteiger partial charge in [-0.3, -0.25) is 20.8 Å². The van der Waals surface area contributed by atoms with Crippen LogP contribution in [0.1, 0.15) is 13.8 Å². The smallest absolute Gasteiger partial charge is 0.133 e. The maximum atomic E-state index is 8.41. The van der Waals surface area contributed by atoms with Crippen molar-refractivity contribution in [2.45, 2.75) is 20.0 Å². The first-order valence-corrected chi connectivity index (χ1v) is 4.65. The average Bonchev–Trinajstić information content (AvgIpc) is 2.12. The third kappa shape index (κ3) is 10.2. The lowest BCUT2D eigenvalue weighted by Crippen LogP contribution is -2.34. The van der Waals surface area contributed by atoms with Gasteiger partial charge >= 0.3 is 0 Å². The van der Waals surface area contributed by atoms with Crippen molar-refractivity contribution < 1.29 is 35.2 Å². The van der Waals surface area contributed by atoms with Gasteiger partial charge in [-0.25, -0.2) is 9.68 Å². The first-order chi connectivity index (χ1) is 7.41. The van der Waals surface area contributed by atoms with Crippen LogP contribution in [0.15, 0.2) is 0 Å². The first-order valence-electron chi connectivity index (χ1n) is 4.65. The normalized spacial score (nSPS) is 14.1. The number of hydrogen-bond acceptors (Lipinski definition) is 9. The molecule has 4 N–H and O–H groups in total. The van der Waals surface area contributed by atoms with E-state index >= 15 is 0 Å². The SMILES string of the molecule is CC(C)COCC(CON(O)O)ON(O)O. The van der Waals surface area contributed by atoms with E-state index in [4.69, 9.17) is 25.6 Å². The summed E-state index contributed by atoms with van der Waals surface area (Å²) >= 11 is 0. The Hall–Kier alpha value is -0.360. The lowest BCUT2D eigenvalue weighted by Gasteiger charge is -2.19. The summed E-state index contributed by atoms with van der Waals surface area (Å²) in [4.78, 5) is 8.68. The quantitative estimate of drug-likeness (QED) is 0.416. The van der Waals surface area contributed by atoms with Gasteiger partial charge in [0.2, 0.25) is 0 Å². The van der Waals surface area contributed by atoms with E-state index in [1.54, 1.807) is 0 Å². The summed E-state index contributed by atoms with van der Waals surface area (Å²) in [5.74, 6) is 0.313. The average molecular weight is 242 g/mol. The molecule has 1 unspecified atom stereocenters. The largest absolute Gasteiger partial charge is 0.378 e. The zero-order chi connectivity index (χ0) is 12.6. The molecule has 0 aliphatic carbocycles. The van der Waals surface area contributed by atoms with Gasteiger partial charge < -0.3 is 4.74 Å². The van der Waals surface area contributed by atoms with Crippen LogP contribution in [0.3, 0.4) is 0 Å². The first kappa shape index (κ1) is 15.6. The summed E-state index contributed by atoms with van der Waals surface area (Å²) in [5, 5.41) is 32.4. The molecule has 9 nitrogen and oxygen atoms in total. The molecule has 0 aromatic carbocycles. The Morgan fingerprint density at radius 1 is 0.938 bits per heavy atom. The summed E-state index contributed by atoms with van der Waals surface area (Å²) in [5.41, 5.74) is 0. The van der Waals surface area contributed by atoms with Gasteiger partial charge in [0.05, 0.1) is 17.4 Å². The highest BCUT2D eigenvalue weighted by atomic mass is 17.1. The minimum atomic E-state index is -0.893. The summed E-state index contributed by atoms with van der Waals surface area (Å²) < 4.78 is 5.15. The Kier molecular flexibility index (Phi) is 8.56. The Morgan fingerprint density at radius 3 is 2.00 bits per heavy atom. The molecule has 0 saturated carbocycles.